The molecule has 1 fully saturated rings. The van der Waals surface area contributed by atoms with E-state index in [0.717, 1.165) is 32.8 Å². The number of nitrogens with one attached hydrogen (secondary N) is 1. The number of benzene rings is 1. The Kier molecular flexibility index (Phi) is 6.98. The summed E-state index contributed by atoms with van der Waals surface area (Å²) in [7, 11) is 0. The van der Waals surface area contributed by atoms with Crippen molar-refractivity contribution in [3.63, 3.8) is 0 Å². The van der Waals surface area contributed by atoms with E-state index in [1.54, 1.807) is 29.6 Å². The largest absolute Gasteiger partial charge is 0.544 e. The lowest BCUT2D eigenvalue weighted by atomic mass is 10.0. The van der Waals surface area contributed by atoms with Gasteiger partial charge in [0.2, 0.25) is 0 Å². The second-order valence-corrected chi connectivity index (χ2v) is 6.13. The minimum atomic E-state index is -1.20. The van der Waals surface area contributed by atoms with Gasteiger partial charge < -0.3 is 24.9 Å². The molecule has 0 radical (unpaired) electrons. The Labute approximate surface area is 140 Å². The van der Waals surface area contributed by atoms with Crippen molar-refractivity contribution in [2.24, 2.45) is 0 Å². The van der Waals surface area contributed by atoms with E-state index < -0.39 is 12.0 Å². The lowest BCUT2D eigenvalue weighted by Crippen LogP contribution is -3.16. The quantitative estimate of drug-likeness (QED) is 0.512. The Morgan fingerprint density at radius 1 is 1.26 bits per heavy atom. The van der Waals surface area contributed by atoms with Crippen molar-refractivity contribution in [3.05, 3.63) is 34.9 Å². The zero-order chi connectivity index (χ0) is 16.7. The highest BCUT2D eigenvalue weighted by atomic mass is 35.5. The van der Waals surface area contributed by atoms with Crippen LogP contribution in [0.1, 0.15) is 16.8 Å². The second kappa shape index (κ2) is 8.98. The Hall–Kier alpha value is -1.47. The van der Waals surface area contributed by atoms with Crippen molar-refractivity contribution in [2.75, 3.05) is 39.4 Å². The third-order valence-corrected chi connectivity index (χ3v) is 4.28. The van der Waals surface area contributed by atoms with Crippen molar-refractivity contribution >= 4 is 23.4 Å². The first-order valence-corrected chi connectivity index (χ1v) is 8.18. The maximum absolute atomic E-state index is 12.2. The molecule has 0 spiro atoms. The number of morpholine rings is 1. The van der Waals surface area contributed by atoms with Crippen LogP contribution in [0.3, 0.4) is 0 Å². The first kappa shape index (κ1) is 17.9. The molecule has 1 aliphatic heterocycles. The average molecular weight is 342 g/mol. The summed E-state index contributed by atoms with van der Waals surface area (Å²) < 4.78 is 5.29. The van der Waals surface area contributed by atoms with E-state index in [2.05, 4.69) is 0 Å². The van der Waals surface area contributed by atoms with E-state index in [1.807, 2.05) is 0 Å². The van der Waals surface area contributed by atoms with Crippen LogP contribution in [0.2, 0.25) is 5.02 Å². The van der Waals surface area contributed by atoms with Gasteiger partial charge in [0, 0.05) is 10.6 Å². The number of hydrogen-bond donors (Lipinski definition) is 2. The van der Waals surface area contributed by atoms with Gasteiger partial charge in [-0.05, 0) is 24.3 Å². The van der Waals surface area contributed by atoms with Gasteiger partial charge in [0.25, 0.3) is 0 Å². The van der Waals surface area contributed by atoms with E-state index in [9.17, 15) is 14.7 Å². The molecular weight excluding hydrogens is 320 g/mol. The van der Waals surface area contributed by atoms with Crippen LogP contribution >= 0.6 is 11.6 Å². The number of carbonyl (C=O) groups is 2. The molecule has 0 aromatic heterocycles. The average Bonchev–Trinajstić information content (AvgIpc) is 2.55. The third-order valence-electron chi connectivity index (χ3n) is 4.02. The SMILES string of the molecule is O=C(C[C@@H]([NH2+]CC[NH+]1CCOCC1)C(=O)[O-])c1ccc(Cl)cc1. The van der Waals surface area contributed by atoms with E-state index in [0.29, 0.717) is 17.1 Å². The molecule has 23 heavy (non-hydrogen) atoms. The van der Waals surface area contributed by atoms with Crippen LogP contribution in [0, 0.1) is 0 Å². The molecule has 1 aromatic rings. The second-order valence-electron chi connectivity index (χ2n) is 5.70. The van der Waals surface area contributed by atoms with Crippen LogP contribution in [0.4, 0.5) is 0 Å². The normalized spacial score (nSPS) is 16.9. The van der Waals surface area contributed by atoms with Gasteiger partial charge in [0.05, 0.1) is 25.6 Å². The van der Waals surface area contributed by atoms with Crippen LogP contribution in [-0.2, 0) is 9.53 Å². The number of Topliss-reactive ketones (excluding diaryl/α,β-unsaturated/α-hetero) is 1. The van der Waals surface area contributed by atoms with Gasteiger partial charge in [0.15, 0.2) is 5.78 Å². The molecule has 126 valence electrons. The Balaban J connectivity index is 1.81. The summed E-state index contributed by atoms with van der Waals surface area (Å²) in [5.41, 5.74) is 0.466. The topological polar surface area (TPSA) is 87.5 Å². The van der Waals surface area contributed by atoms with E-state index in [1.165, 1.54) is 4.90 Å². The zero-order valence-electron chi connectivity index (χ0n) is 12.9. The molecular formula is C16H22ClN2O4+. The Morgan fingerprint density at radius 2 is 1.91 bits per heavy atom. The van der Waals surface area contributed by atoms with Crippen LogP contribution in [-0.4, -0.2) is 57.2 Å². The molecule has 1 saturated heterocycles. The van der Waals surface area contributed by atoms with Crippen LogP contribution < -0.4 is 15.3 Å². The fourth-order valence-corrected chi connectivity index (χ4v) is 2.74. The van der Waals surface area contributed by atoms with Crippen molar-refractivity contribution in [3.8, 4) is 0 Å². The summed E-state index contributed by atoms with van der Waals surface area (Å²) in [6, 6.07) is 5.59. The predicted octanol–water partition coefficient (Wildman–Crippen LogP) is -2.49. The monoisotopic (exact) mass is 341 g/mol. The van der Waals surface area contributed by atoms with E-state index in [-0.39, 0.29) is 12.2 Å². The van der Waals surface area contributed by atoms with Crippen LogP contribution in [0.5, 0.6) is 0 Å². The number of quaternary nitrogens is 2. The minimum absolute atomic E-state index is 0.0809. The van der Waals surface area contributed by atoms with Gasteiger partial charge in [-0.15, -0.1) is 0 Å². The van der Waals surface area contributed by atoms with Gasteiger partial charge in [-0.2, -0.15) is 0 Å². The van der Waals surface area contributed by atoms with Crippen LogP contribution in [0.25, 0.3) is 0 Å². The van der Waals surface area contributed by atoms with E-state index in [4.69, 9.17) is 16.3 Å². The highest BCUT2D eigenvalue weighted by molar-refractivity contribution is 6.30. The first-order valence-electron chi connectivity index (χ1n) is 7.80. The standard InChI is InChI=1S/C16H21ClN2O4/c17-13-3-1-12(2-4-13)15(20)11-14(16(21)22)18-5-6-19-7-9-23-10-8-19/h1-4,14,18H,5-11H2,(H,21,22)/p+1/t14-/m1/s1. The van der Waals surface area contributed by atoms with Crippen molar-refractivity contribution < 1.29 is 29.6 Å². The molecule has 1 heterocycles. The molecule has 3 N–H and O–H groups in total. The van der Waals surface area contributed by atoms with Gasteiger partial charge in [-0.25, -0.2) is 0 Å². The van der Waals surface area contributed by atoms with E-state index >= 15 is 0 Å². The number of carboxylic acids is 1. The number of carbonyl (C=O) groups excluding carboxylic acids is 2. The molecule has 1 aromatic carbocycles. The number of rotatable bonds is 8. The molecule has 0 unspecified atom stereocenters. The number of hydrogen-bond acceptors (Lipinski definition) is 4. The molecule has 0 amide bonds. The van der Waals surface area contributed by atoms with Crippen molar-refractivity contribution in [2.45, 2.75) is 12.5 Å². The number of carboxylic acid groups (broad SMARTS) is 1. The minimum Gasteiger partial charge on any atom is -0.544 e. The summed E-state index contributed by atoms with van der Waals surface area (Å²) in [4.78, 5) is 24.8. The molecule has 1 aliphatic rings. The summed E-state index contributed by atoms with van der Waals surface area (Å²) in [5, 5.41) is 13.5. The molecule has 0 aliphatic carbocycles. The molecule has 0 saturated carbocycles. The maximum atomic E-state index is 12.2. The zero-order valence-corrected chi connectivity index (χ0v) is 13.7. The smallest absolute Gasteiger partial charge is 0.169 e. The molecule has 6 nitrogen and oxygen atoms in total. The van der Waals surface area contributed by atoms with Crippen molar-refractivity contribution in [1.29, 1.82) is 0 Å². The number of halogens is 1. The number of aliphatic carboxylic acids is 1. The lowest BCUT2D eigenvalue weighted by Gasteiger charge is -2.24. The molecule has 0 bridgehead atoms. The first-order chi connectivity index (χ1) is 11.1. The summed E-state index contributed by atoms with van der Waals surface area (Å²) >= 11 is 5.78. The lowest BCUT2D eigenvalue weighted by molar-refractivity contribution is -0.920. The molecule has 2 rings (SSSR count). The third kappa shape index (κ3) is 5.91. The van der Waals surface area contributed by atoms with Gasteiger partial charge in [-0.3, -0.25) is 4.79 Å². The summed E-state index contributed by atoms with van der Waals surface area (Å²) in [6.07, 6.45) is -0.0809. The highest BCUT2D eigenvalue weighted by Gasteiger charge is 2.21. The van der Waals surface area contributed by atoms with Gasteiger partial charge >= 0.3 is 0 Å². The highest BCUT2D eigenvalue weighted by Crippen LogP contribution is 2.11. The predicted molar refractivity (Wildman–Crippen MR) is 82.4 cm³/mol. The fourth-order valence-electron chi connectivity index (χ4n) is 2.61. The molecule has 7 heteroatoms. The number of ketones is 1. The number of ether oxygens (including phenoxy) is 1. The van der Waals surface area contributed by atoms with Gasteiger partial charge in [-0.1, -0.05) is 11.6 Å². The van der Waals surface area contributed by atoms with Crippen LogP contribution in [0.15, 0.2) is 24.3 Å². The Morgan fingerprint density at radius 3 is 2.52 bits per heavy atom. The Bertz CT molecular complexity index is 529. The van der Waals surface area contributed by atoms with Gasteiger partial charge in [0.1, 0.15) is 32.2 Å². The number of nitrogens with two attached hydrogens (primary N) is 1. The maximum Gasteiger partial charge on any atom is 0.169 e. The van der Waals surface area contributed by atoms with Crippen molar-refractivity contribution in [1.82, 2.24) is 0 Å². The summed E-state index contributed by atoms with van der Waals surface area (Å²) in [6.45, 7) is 4.85. The molecule has 1 atom stereocenters. The summed E-state index contributed by atoms with van der Waals surface area (Å²) in [5.74, 6) is -1.42. The fraction of sp³-hybridized carbons (Fsp3) is 0.500.